The second-order valence-electron chi connectivity index (χ2n) is 2.57. The fourth-order valence-electron chi connectivity index (χ4n) is 1.01. The number of carbonyl (C=O) groups is 1. The van der Waals surface area contributed by atoms with Crippen LogP contribution in [-0.2, 0) is 0 Å². The van der Waals surface area contributed by atoms with Crippen LogP contribution in [0.3, 0.4) is 0 Å². The molecule has 0 aliphatic rings. The Morgan fingerprint density at radius 2 is 2.06 bits per heavy atom. The third-order valence-corrected chi connectivity index (χ3v) is 1.63. The maximum atomic E-state index is 13.2. The molecule has 0 aliphatic carbocycles. The minimum atomic E-state index is -3.32. The van der Waals surface area contributed by atoms with Gasteiger partial charge in [-0.3, -0.25) is 14.9 Å². The van der Waals surface area contributed by atoms with Crippen molar-refractivity contribution in [3.8, 4) is 5.75 Å². The van der Waals surface area contributed by atoms with E-state index in [0.29, 0.717) is 0 Å². The van der Waals surface area contributed by atoms with Crippen molar-refractivity contribution in [1.82, 2.24) is 0 Å². The average molecular weight is 235 g/mol. The van der Waals surface area contributed by atoms with Crippen molar-refractivity contribution in [2.45, 2.75) is 6.61 Å². The number of ether oxygens (including phenoxy) is 1. The van der Waals surface area contributed by atoms with Crippen LogP contribution in [0, 0.1) is 15.9 Å². The Balaban J connectivity index is 3.34. The van der Waals surface area contributed by atoms with Gasteiger partial charge in [0.1, 0.15) is 0 Å². The zero-order valence-corrected chi connectivity index (χ0v) is 7.52. The molecule has 0 atom stereocenters. The van der Waals surface area contributed by atoms with E-state index < -0.39 is 34.4 Å². The first-order valence-electron chi connectivity index (χ1n) is 3.84. The number of nitro benzene ring substituents is 1. The van der Waals surface area contributed by atoms with Gasteiger partial charge in [0.2, 0.25) is 11.6 Å². The lowest BCUT2D eigenvalue weighted by atomic mass is 10.2. The van der Waals surface area contributed by atoms with Gasteiger partial charge < -0.3 is 4.74 Å². The molecular weight excluding hydrogens is 231 g/mol. The summed E-state index contributed by atoms with van der Waals surface area (Å²) in [5.74, 6) is -2.43. The molecule has 86 valence electrons. The van der Waals surface area contributed by atoms with Crippen molar-refractivity contribution in [2.75, 3.05) is 0 Å². The zero-order chi connectivity index (χ0) is 12.3. The van der Waals surface area contributed by atoms with E-state index in [2.05, 4.69) is 4.74 Å². The number of rotatable bonds is 4. The number of benzene rings is 1. The summed E-state index contributed by atoms with van der Waals surface area (Å²) in [6.45, 7) is -3.32. The highest BCUT2D eigenvalue weighted by molar-refractivity contribution is 5.78. The summed E-state index contributed by atoms with van der Waals surface area (Å²) in [6, 6.07) is 1.55. The van der Waals surface area contributed by atoms with Gasteiger partial charge in [0.05, 0.1) is 10.5 Å². The number of hydrogen-bond acceptors (Lipinski definition) is 4. The van der Waals surface area contributed by atoms with Gasteiger partial charge in [-0.2, -0.15) is 13.2 Å². The van der Waals surface area contributed by atoms with Gasteiger partial charge >= 0.3 is 12.3 Å². The predicted octanol–water partition coefficient (Wildman–Crippen LogP) is 2.15. The lowest BCUT2D eigenvalue weighted by Crippen LogP contribution is -2.07. The molecule has 0 heterocycles. The van der Waals surface area contributed by atoms with Crippen LogP contribution in [0.4, 0.5) is 18.9 Å². The Bertz CT molecular complexity index is 436. The summed E-state index contributed by atoms with van der Waals surface area (Å²) >= 11 is 0. The Kier molecular flexibility index (Phi) is 3.44. The monoisotopic (exact) mass is 235 g/mol. The molecule has 0 amide bonds. The quantitative estimate of drug-likeness (QED) is 0.455. The van der Waals surface area contributed by atoms with E-state index in [1.165, 1.54) is 0 Å². The second kappa shape index (κ2) is 4.60. The molecule has 0 aromatic heterocycles. The van der Waals surface area contributed by atoms with Crippen LogP contribution in [0.2, 0.25) is 0 Å². The predicted molar refractivity (Wildman–Crippen MR) is 45.1 cm³/mol. The van der Waals surface area contributed by atoms with E-state index in [0.717, 1.165) is 12.1 Å². The van der Waals surface area contributed by atoms with Crippen LogP contribution in [0.5, 0.6) is 5.75 Å². The van der Waals surface area contributed by atoms with Crippen LogP contribution in [0.1, 0.15) is 10.4 Å². The van der Waals surface area contributed by atoms with Gasteiger partial charge in [-0.15, -0.1) is 0 Å². The molecule has 1 aromatic carbocycles. The van der Waals surface area contributed by atoms with Crippen molar-refractivity contribution in [3.63, 3.8) is 0 Å². The highest BCUT2D eigenvalue weighted by Crippen LogP contribution is 2.32. The normalized spacial score (nSPS) is 10.2. The fourth-order valence-corrected chi connectivity index (χ4v) is 1.01. The molecule has 0 fully saturated rings. The smallest absolute Gasteiger partial charge is 0.387 e. The molecule has 16 heavy (non-hydrogen) atoms. The maximum Gasteiger partial charge on any atom is 0.387 e. The third-order valence-electron chi connectivity index (χ3n) is 1.63. The molecular formula is C8H4F3NO4. The molecule has 8 heteroatoms. The van der Waals surface area contributed by atoms with E-state index in [9.17, 15) is 28.1 Å². The highest BCUT2D eigenvalue weighted by atomic mass is 19.3. The number of nitrogens with zero attached hydrogens (tertiary/aromatic N) is 1. The van der Waals surface area contributed by atoms with E-state index in [1.807, 2.05) is 0 Å². The highest BCUT2D eigenvalue weighted by Gasteiger charge is 2.26. The van der Waals surface area contributed by atoms with Crippen molar-refractivity contribution >= 4 is 12.0 Å². The Labute approximate surface area is 86.6 Å². The minimum Gasteiger partial charge on any atom is -0.427 e. The number of hydrogen-bond donors (Lipinski definition) is 0. The Hall–Kier alpha value is -2.12. The second-order valence-corrected chi connectivity index (χ2v) is 2.57. The molecule has 5 nitrogen and oxygen atoms in total. The van der Waals surface area contributed by atoms with Gasteiger partial charge in [0.15, 0.2) is 6.29 Å². The minimum absolute atomic E-state index is 0.0362. The first kappa shape index (κ1) is 12.0. The summed E-state index contributed by atoms with van der Waals surface area (Å²) in [7, 11) is 0. The van der Waals surface area contributed by atoms with Crippen LogP contribution in [-0.4, -0.2) is 17.8 Å². The van der Waals surface area contributed by atoms with Crippen LogP contribution in [0.25, 0.3) is 0 Å². The van der Waals surface area contributed by atoms with Gasteiger partial charge in [0, 0.05) is 0 Å². The van der Waals surface area contributed by atoms with E-state index >= 15 is 0 Å². The molecule has 0 saturated carbocycles. The standard InChI is InChI=1S/C8H4F3NO4/c9-6-4(3-13)1-2-5(16-8(10)11)7(6)12(14)15/h1-3,8H. The third kappa shape index (κ3) is 2.27. The SMILES string of the molecule is O=Cc1ccc(OC(F)F)c([N+](=O)[O-])c1F. The number of carbonyl (C=O) groups excluding carboxylic acids is 1. The largest absolute Gasteiger partial charge is 0.427 e. The number of aldehydes is 1. The van der Waals surface area contributed by atoms with Crippen LogP contribution >= 0.6 is 0 Å². The van der Waals surface area contributed by atoms with E-state index in [4.69, 9.17) is 0 Å². The van der Waals surface area contributed by atoms with Gasteiger partial charge in [0.25, 0.3) is 0 Å². The lowest BCUT2D eigenvalue weighted by Gasteiger charge is -2.06. The number of nitro groups is 1. The first-order valence-corrected chi connectivity index (χ1v) is 3.84. The molecule has 0 spiro atoms. The Morgan fingerprint density at radius 3 is 2.50 bits per heavy atom. The van der Waals surface area contributed by atoms with Crippen LogP contribution in [0.15, 0.2) is 12.1 Å². The summed E-state index contributed by atoms with van der Waals surface area (Å²) in [5, 5.41) is 10.4. The van der Waals surface area contributed by atoms with Gasteiger partial charge in [-0.25, -0.2) is 0 Å². The molecule has 1 aromatic rings. The summed E-state index contributed by atoms with van der Waals surface area (Å²) < 4.78 is 40.7. The molecule has 0 unspecified atom stereocenters. The maximum absolute atomic E-state index is 13.2. The number of halogens is 3. The van der Waals surface area contributed by atoms with E-state index in [-0.39, 0.29) is 6.29 Å². The van der Waals surface area contributed by atoms with E-state index in [1.54, 1.807) is 0 Å². The van der Waals surface area contributed by atoms with Crippen molar-refractivity contribution in [1.29, 1.82) is 0 Å². The average Bonchev–Trinajstić information content (AvgIpc) is 2.16. The lowest BCUT2D eigenvalue weighted by molar-refractivity contribution is -0.389. The topological polar surface area (TPSA) is 69.4 Å². The zero-order valence-electron chi connectivity index (χ0n) is 7.52. The summed E-state index contributed by atoms with van der Waals surface area (Å²) in [4.78, 5) is 19.5. The first-order chi connectivity index (χ1) is 7.47. The molecule has 0 bridgehead atoms. The van der Waals surface area contributed by atoms with Gasteiger partial charge in [-0.05, 0) is 12.1 Å². The summed E-state index contributed by atoms with van der Waals surface area (Å²) in [5.41, 5.74) is -1.89. The molecule has 0 N–H and O–H groups in total. The molecule has 0 radical (unpaired) electrons. The fraction of sp³-hybridized carbons (Fsp3) is 0.125. The van der Waals surface area contributed by atoms with Crippen molar-refractivity contribution in [3.05, 3.63) is 33.6 Å². The van der Waals surface area contributed by atoms with Crippen molar-refractivity contribution in [2.24, 2.45) is 0 Å². The number of alkyl halides is 2. The Morgan fingerprint density at radius 1 is 1.44 bits per heavy atom. The van der Waals surface area contributed by atoms with Crippen LogP contribution < -0.4 is 4.74 Å². The molecule has 0 aliphatic heterocycles. The van der Waals surface area contributed by atoms with Gasteiger partial charge in [-0.1, -0.05) is 0 Å². The molecule has 1 rings (SSSR count). The summed E-state index contributed by atoms with van der Waals surface area (Å²) in [6.07, 6.45) is 0.0362. The molecule has 0 saturated heterocycles. The van der Waals surface area contributed by atoms with Crippen molar-refractivity contribution < 1.29 is 27.6 Å².